The van der Waals surface area contributed by atoms with Gasteiger partial charge < -0.3 is 14.2 Å². The molecular formula is C18H25BrO3. The second-order valence-electron chi connectivity index (χ2n) is 7.05. The monoisotopic (exact) mass is 368 g/mol. The van der Waals surface area contributed by atoms with Gasteiger partial charge in [-0.15, -0.1) is 0 Å². The van der Waals surface area contributed by atoms with Crippen LogP contribution in [0.5, 0.6) is 5.75 Å². The summed E-state index contributed by atoms with van der Waals surface area (Å²) in [5.41, 5.74) is 0.908. The van der Waals surface area contributed by atoms with E-state index in [0.29, 0.717) is 17.4 Å². The molecule has 22 heavy (non-hydrogen) atoms. The third-order valence-electron chi connectivity index (χ3n) is 5.31. The van der Waals surface area contributed by atoms with Gasteiger partial charge >= 0.3 is 0 Å². The minimum absolute atomic E-state index is 0.0840. The van der Waals surface area contributed by atoms with Crippen LogP contribution >= 0.6 is 15.9 Å². The normalized spacial score (nSPS) is 37.0. The third-order valence-corrected chi connectivity index (χ3v) is 6.41. The first-order chi connectivity index (χ1) is 10.4. The van der Waals surface area contributed by atoms with E-state index < -0.39 is 0 Å². The molecule has 122 valence electrons. The zero-order valence-corrected chi connectivity index (χ0v) is 15.4. The lowest BCUT2D eigenvalue weighted by atomic mass is 9.75. The molecule has 3 nitrogen and oxygen atoms in total. The maximum absolute atomic E-state index is 6.47. The molecule has 0 amide bonds. The van der Waals surface area contributed by atoms with Gasteiger partial charge in [0.25, 0.3) is 0 Å². The van der Waals surface area contributed by atoms with Crippen molar-refractivity contribution in [1.29, 1.82) is 0 Å². The molecule has 2 aliphatic heterocycles. The number of halogens is 1. The third kappa shape index (κ3) is 2.59. The van der Waals surface area contributed by atoms with E-state index in [1.54, 1.807) is 7.11 Å². The fourth-order valence-electron chi connectivity index (χ4n) is 3.81. The van der Waals surface area contributed by atoms with Gasteiger partial charge in [-0.1, -0.05) is 41.9 Å². The smallest absolute Gasteiger partial charge is 0.118 e. The summed E-state index contributed by atoms with van der Waals surface area (Å²) in [5.74, 6) is 1.35. The predicted molar refractivity (Wildman–Crippen MR) is 90.6 cm³/mol. The SMILES string of the molecule is COc1ccc(CO[C@@H]2C[C@]3(C(C)C)O[C@@]2(C)C[C@@H]3Br)cc1. The summed E-state index contributed by atoms with van der Waals surface area (Å²) in [6.07, 6.45) is 2.14. The van der Waals surface area contributed by atoms with Gasteiger partial charge in [-0.05, 0) is 37.0 Å². The molecule has 0 N–H and O–H groups in total. The van der Waals surface area contributed by atoms with Crippen molar-refractivity contribution < 1.29 is 14.2 Å². The summed E-state index contributed by atoms with van der Waals surface area (Å²) < 4.78 is 17.9. The van der Waals surface area contributed by atoms with Crippen LogP contribution in [0.15, 0.2) is 24.3 Å². The number of hydrogen-bond acceptors (Lipinski definition) is 3. The highest BCUT2D eigenvalue weighted by atomic mass is 79.9. The van der Waals surface area contributed by atoms with Gasteiger partial charge in [-0.2, -0.15) is 0 Å². The molecule has 4 heteroatoms. The molecule has 1 aromatic rings. The van der Waals surface area contributed by atoms with Crippen molar-refractivity contribution in [3.8, 4) is 5.75 Å². The Morgan fingerprint density at radius 3 is 2.50 bits per heavy atom. The van der Waals surface area contributed by atoms with Crippen molar-refractivity contribution >= 4 is 15.9 Å². The van der Waals surface area contributed by atoms with Crippen LogP contribution in [-0.2, 0) is 16.1 Å². The molecule has 0 saturated carbocycles. The zero-order valence-electron chi connectivity index (χ0n) is 13.8. The van der Waals surface area contributed by atoms with Crippen molar-refractivity contribution in [2.45, 2.75) is 62.4 Å². The first-order valence-corrected chi connectivity index (χ1v) is 8.90. The molecule has 0 aromatic heterocycles. The lowest BCUT2D eigenvalue weighted by Crippen LogP contribution is -2.44. The first kappa shape index (κ1) is 16.3. The lowest BCUT2D eigenvalue weighted by molar-refractivity contribution is -0.0955. The van der Waals surface area contributed by atoms with Crippen molar-refractivity contribution in [1.82, 2.24) is 0 Å². The lowest BCUT2D eigenvalue weighted by Gasteiger charge is -2.35. The minimum atomic E-state index is -0.176. The molecule has 2 heterocycles. The average molecular weight is 369 g/mol. The van der Waals surface area contributed by atoms with Gasteiger partial charge in [-0.25, -0.2) is 0 Å². The second-order valence-corrected chi connectivity index (χ2v) is 8.15. The summed E-state index contributed by atoms with van der Waals surface area (Å²) in [5, 5.41) is 0. The second kappa shape index (κ2) is 5.81. The molecular weight excluding hydrogens is 344 g/mol. The zero-order chi connectivity index (χ0) is 16.0. The Morgan fingerprint density at radius 2 is 1.95 bits per heavy atom. The Kier molecular flexibility index (Phi) is 4.30. The van der Waals surface area contributed by atoms with Gasteiger partial charge in [0.2, 0.25) is 0 Å². The molecule has 0 unspecified atom stereocenters. The highest BCUT2D eigenvalue weighted by Gasteiger charge is 2.65. The summed E-state index contributed by atoms with van der Waals surface area (Å²) in [7, 11) is 1.68. The minimum Gasteiger partial charge on any atom is -0.497 e. The van der Waals surface area contributed by atoms with Crippen molar-refractivity contribution in [3.05, 3.63) is 29.8 Å². The fraction of sp³-hybridized carbons (Fsp3) is 0.667. The molecule has 0 aliphatic carbocycles. The van der Waals surface area contributed by atoms with Gasteiger partial charge in [0, 0.05) is 11.2 Å². The van der Waals surface area contributed by atoms with E-state index in [0.717, 1.165) is 18.6 Å². The molecule has 2 aliphatic rings. The molecule has 2 bridgehead atoms. The van der Waals surface area contributed by atoms with Crippen LogP contribution in [0.1, 0.15) is 39.2 Å². The standard InChI is InChI=1S/C18H25BrO3/c1-12(2)18-10-16(17(3,22-18)9-15(18)19)21-11-13-5-7-14(20-4)8-6-13/h5-8,12,15-16H,9-11H2,1-4H3/t15-,16+,17-,18+/m0/s1. The molecule has 0 spiro atoms. The number of methoxy groups -OCH3 is 1. The quantitative estimate of drug-likeness (QED) is 0.724. The Morgan fingerprint density at radius 1 is 1.27 bits per heavy atom. The Balaban J connectivity index is 1.66. The summed E-state index contributed by atoms with van der Waals surface area (Å²) in [6, 6.07) is 8.06. The number of rotatable bonds is 5. The van der Waals surface area contributed by atoms with Crippen molar-refractivity contribution in [3.63, 3.8) is 0 Å². The first-order valence-electron chi connectivity index (χ1n) is 7.98. The largest absolute Gasteiger partial charge is 0.497 e. The van der Waals surface area contributed by atoms with E-state index in [-0.39, 0.29) is 17.3 Å². The van der Waals surface area contributed by atoms with Crippen LogP contribution in [0.2, 0.25) is 0 Å². The molecule has 0 radical (unpaired) electrons. The van der Waals surface area contributed by atoms with Crippen LogP contribution in [0.25, 0.3) is 0 Å². The van der Waals surface area contributed by atoms with E-state index in [2.05, 4.69) is 48.8 Å². The molecule has 2 fully saturated rings. The van der Waals surface area contributed by atoms with Gasteiger partial charge in [0.1, 0.15) is 5.75 Å². The van der Waals surface area contributed by atoms with Crippen LogP contribution in [0.3, 0.4) is 0 Å². The van der Waals surface area contributed by atoms with Gasteiger partial charge in [-0.3, -0.25) is 0 Å². The number of fused-ring (bicyclic) bond motifs is 2. The maximum Gasteiger partial charge on any atom is 0.118 e. The summed E-state index contributed by atoms with van der Waals surface area (Å²) in [6.45, 7) is 7.30. The van der Waals surface area contributed by atoms with Crippen LogP contribution < -0.4 is 4.74 Å². The van der Waals surface area contributed by atoms with E-state index in [9.17, 15) is 0 Å². The molecule has 4 atom stereocenters. The van der Waals surface area contributed by atoms with E-state index in [1.165, 1.54) is 5.56 Å². The maximum atomic E-state index is 6.47. The average Bonchev–Trinajstić information content (AvgIpc) is 2.93. The molecule has 1 aromatic carbocycles. The number of ether oxygens (including phenoxy) is 3. The highest BCUT2D eigenvalue weighted by Crippen LogP contribution is 2.57. The van der Waals surface area contributed by atoms with E-state index >= 15 is 0 Å². The van der Waals surface area contributed by atoms with Crippen LogP contribution in [0.4, 0.5) is 0 Å². The Bertz CT molecular complexity index is 530. The molecule has 2 saturated heterocycles. The molecule has 3 rings (SSSR count). The number of benzene rings is 1. The highest BCUT2D eigenvalue weighted by molar-refractivity contribution is 9.09. The van der Waals surface area contributed by atoms with Crippen LogP contribution in [0, 0.1) is 5.92 Å². The van der Waals surface area contributed by atoms with Gasteiger partial charge in [0.15, 0.2) is 0 Å². The van der Waals surface area contributed by atoms with Gasteiger partial charge in [0.05, 0.1) is 31.0 Å². The number of hydrogen-bond donors (Lipinski definition) is 0. The topological polar surface area (TPSA) is 27.7 Å². The predicted octanol–water partition coefficient (Wildman–Crippen LogP) is 4.32. The van der Waals surface area contributed by atoms with Crippen LogP contribution in [-0.4, -0.2) is 29.2 Å². The van der Waals surface area contributed by atoms with Crippen molar-refractivity contribution in [2.75, 3.05) is 7.11 Å². The van der Waals surface area contributed by atoms with Crippen molar-refractivity contribution in [2.24, 2.45) is 5.92 Å². The van der Waals surface area contributed by atoms with E-state index in [1.807, 2.05) is 12.1 Å². The Hall–Kier alpha value is -0.580. The Labute approximate surface area is 141 Å². The number of alkyl halides is 1. The summed E-state index contributed by atoms with van der Waals surface area (Å²) >= 11 is 3.83. The fourth-order valence-corrected chi connectivity index (χ4v) is 5.26. The summed E-state index contributed by atoms with van der Waals surface area (Å²) in [4.78, 5) is 0.422. The van der Waals surface area contributed by atoms with E-state index in [4.69, 9.17) is 14.2 Å².